The Morgan fingerprint density at radius 2 is 2.04 bits per heavy atom. The molecule has 1 aromatic heterocycles. The highest BCUT2D eigenvalue weighted by atomic mass is 32.2. The second kappa shape index (κ2) is 6.95. The first-order valence-corrected chi connectivity index (χ1v) is 9.03. The third-order valence-corrected chi connectivity index (χ3v) is 4.53. The fourth-order valence-electron chi connectivity index (χ4n) is 2.46. The number of carbonyl (C=O) groups is 1. The molecule has 2 aromatic rings. The Kier molecular flexibility index (Phi) is 4.89. The third-order valence-electron chi connectivity index (χ3n) is 3.51. The zero-order valence-corrected chi connectivity index (χ0v) is 15.6. The van der Waals surface area contributed by atoms with Gasteiger partial charge in [-0.25, -0.2) is 0 Å². The number of para-hydroxylation sites is 2. The van der Waals surface area contributed by atoms with Crippen LogP contribution in [0.15, 0.2) is 29.4 Å². The Bertz CT molecular complexity index is 769. The molecule has 0 spiro atoms. The zero-order valence-electron chi connectivity index (χ0n) is 14.8. The van der Waals surface area contributed by atoms with Crippen molar-refractivity contribution >= 4 is 17.7 Å². The van der Waals surface area contributed by atoms with E-state index in [4.69, 9.17) is 9.47 Å². The van der Waals surface area contributed by atoms with Gasteiger partial charge in [0.1, 0.15) is 6.61 Å². The molecule has 0 radical (unpaired) electrons. The molecule has 1 aromatic carbocycles. The first-order valence-electron chi connectivity index (χ1n) is 8.05. The van der Waals surface area contributed by atoms with Crippen LogP contribution in [0.25, 0.3) is 0 Å². The molecular weight excluding hydrogens is 340 g/mol. The summed E-state index contributed by atoms with van der Waals surface area (Å²) in [7, 11) is 1.86. The van der Waals surface area contributed by atoms with Gasteiger partial charge in [0.05, 0.1) is 5.75 Å². The molecule has 7 nitrogen and oxygen atoms in total. The van der Waals surface area contributed by atoms with Crippen LogP contribution in [0.2, 0.25) is 0 Å². The molecule has 25 heavy (non-hydrogen) atoms. The molecular formula is C17H22N4O3S. The topological polar surface area (TPSA) is 78.3 Å². The second-order valence-electron chi connectivity index (χ2n) is 6.85. The lowest BCUT2D eigenvalue weighted by atomic mass is 10.1. The second-order valence-corrected chi connectivity index (χ2v) is 7.79. The van der Waals surface area contributed by atoms with Gasteiger partial charge >= 0.3 is 0 Å². The van der Waals surface area contributed by atoms with Gasteiger partial charge < -0.3 is 19.4 Å². The van der Waals surface area contributed by atoms with Crippen LogP contribution in [-0.4, -0.2) is 38.6 Å². The number of fused-ring (bicyclic) bond motifs is 1. The Labute approximate surface area is 151 Å². The number of rotatable bonds is 4. The summed E-state index contributed by atoms with van der Waals surface area (Å²) in [4.78, 5) is 12.0. The van der Waals surface area contributed by atoms with Crippen molar-refractivity contribution in [2.45, 2.75) is 37.6 Å². The largest absolute Gasteiger partial charge is 0.485 e. The van der Waals surface area contributed by atoms with Crippen molar-refractivity contribution in [1.82, 2.24) is 20.1 Å². The summed E-state index contributed by atoms with van der Waals surface area (Å²) < 4.78 is 13.5. The van der Waals surface area contributed by atoms with Crippen molar-refractivity contribution in [2.75, 3.05) is 12.4 Å². The normalized spacial score (nSPS) is 16.6. The quantitative estimate of drug-likeness (QED) is 0.841. The van der Waals surface area contributed by atoms with Gasteiger partial charge in [-0.3, -0.25) is 4.79 Å². The number of thioether (sulfide) groups is 1. The monoisotopic (exact) mass is 362 g/mol. The predicted octanol–water partition coefficient (Wildman–Crippen LogP) is 2.33. The SMILES string of the molecule is Cn1c(SCC(=O)NC(C)(C)C)nnc1C1COc2ccccc2O1. The van der Waals surface area contributed by atoms with Crippen molar-refractivity contribution in [3.8, 4) is 11.5 Å². The number of ether oxygens (including phenoxy) is 2. The van der Waals surface area contributed by atoms with Gasteiger partial charge in [-0.1, -0.05) is 23.9 Å². The van der Waals surface area contributed by atoms with Gasteiger partial charge in [0.25, 0.3) is 0 Å². The van der Waals surface area contributed by atoms with E-state index in [1.54, 1.807) is 0 Å². The number of aromatic nitrogens is 3. The molecule has 1 aliphatic heterocycles. The summed E-state index contributed by atoms with van der Waals surface area (Å²) in [5, 5.41) is 12.0. The van der Waals surface area contributed by atoms with E-state index in [0.717, 1.165) is 5.75 Å². The van der Waals surface area contributed by atoms with E-state index in [1.165, 1.54) is 11.8 Å². The zero-order chi connectivity index (χ0) is 18.0. The van der Waals surface area contributed by atoms with Gasteiger partial charge in [0, 0.05) is 12.6 Å². The molecule has 0 bridgehead atoms. The predicted molar refractivity (Wildman–Crippen MR) is 94.9 cm³/mol. The van der Waals surface area contributed by atoms with Crippen LogP contribution in [0.3, 0.4) is 0 Å². The highest BCUT2D eigenvalue weighted by molar-refractivity contribution is 7.99. The lowest BCUT2D eigenvalue weighted by molar-refractivity contribution is -0.119. The van der Waals surface area contributed by atoms with E-state index >= 15 is 0 Å². The summed E-state index contributed by atoms with van der Waals surface area (Å²) in [5.41, 5.74) is -0.247. The molecule has 2 heterocycles. The van der Waals surface area contributed by atoms with Crippen LogP contribution in [0, 0.1) is 0 Å². The number of amides is 1. The molecule has 0 saturated heterocycles. The third kappa shape index (κ3) is 4.25. The summed E-state index contributed by atoms with van der Waals surface area (Å²) in [6, 6.07) is 7.54. The number of hydrogen-bond acceptors (Lipinski definition) is 6. The molecule has 134 valence electrons. The molecule has 0 aliphatic carbocycles. The molecule has 8 heteroatoms. The van der Waals surface area contributed by atoms with Gasteiger partial charge in [-0.15, -0.1) is 10.2 Å². The Balaban J connectivity index is 1.65. The van der Waals surface area contributed by atoms with Crippen LogP contribution in [0.5, 0.6) is 11.5 Å². The lowest BCUT2D eigenvalue weighted by Crippen LogP contribution is -2.41. The van der Waals surface area contributed by atoms with Gasteiger partial charge in [-0.2, -0.15) is 0 Å². The molecule has 1 atom stereocenters. The van der Waals surface area contributed by atoms with E-state index in [0.29, 0.717) is 23.3 Å². The van der Waals surface area contributed by atoms with Gasteiger partial charge in [0.15, 0.2) is 28.6 Å². The first kappa shape index (κ1) is 17.6. The minimum atomic E-state index is -0.329. The molecule has 0 fully saturated rings. The van der Waals surface area contributed by atoms with E-state index < -0.39 is 0 Å². The summed E-state index contributed by atoms with van der Waals surface area (Å²) in [5.74, 6) is 2.35. The molecule has 1 N–H and O–H groups in total. The number of carbonyl (C=O) groups excluding carboxylic acids is 1. The summed E-state index contributed by atoms with van der Waals surface area (Å²) >= 11 is 1.35. The van der Waals surface area contributed by atoms with Crippen molar-refractivity contribution < 1.29 is 14.3 Å². The maximum absolute atomic E-state index is 12.0. The van der Waals surface area contributed by atoms with Crippen molar-refractivity contribution in [1.29, 1.82) is 0 Å². The standard InChI is InChI=1S/C17H22N4O3S/c1-17(2,3)18-14(22)10-25-16-20-19-15(21(16)4)13-9-23-11-7-5-6-8-12(11)24-13/h5-8,13H,9-10H2,1-4H3,(H,18,22). The first-order chi connectivity index (χ1) is 11.8. The Hall–Kier alpha value is -2.22. The fraction of sp³-hybridized carbons (Fsp3) is 0.471. The summed E-state index contributed by atoms with van der Waals surface area (Å²) in [6.45, 7) is 6.23. The molecule has 1 unspecified atom stereocenters. The number of hydrogen-bond donors (Lipinski definition) is 1. The van der Waals surface area contributed by atoms with Crippen LogP contribution < -0.4 is 14.8 Å². The molecule has 1 amide bonds. The van der Waals surface area contributed by atoms with Crippen LogP contribution in [0.1, 0.15) is 32.7 Å². The smallest absolute Gasteiger partial charge is 0.230 e. The minimum Gasteiger partial charge on any atom is -0.485 e. The van der Waals surface area contributed by atoms with E-state index in [-0.39, 0.29) is 23.3 Å². The van der Waals surface area contributed by atoms with Crippen LogP contribution >= 0.6 is 11.8 Å². The maximum Gasteiger partial charge on any atom is 0.230 e. The van der Waals surface area contributed by atoms with E-state index in [1.807, 2.05) is 56.7 Å². The highest BCUT2D eigenvalue weighted by Crippen LogP contribution is 2.35. The van der Waals surface area contributed by atoms with Crippen molar-refractivity contribution in [3.05, 3.63) is 30.1 Å². The molecule has 0 saturated carbocycles. The van der Waals surface area contributed by atoms with E-state index in [9.17, 15) is 4.79 Å². The molecule has 3 rings (SSSR count). The lowest BCUT2D eigenvalue weighted by Gasteiger charge is -2.25. The van der Waals surface area contributed by atoms with Crippen LogP contribution in [0.4, 0.5) is 0 Å². The molecule has 1 aliphatic rings. The number of nitrogens with one attached hydrogen (secondary N) is 1. The highest BCUT2D eigenvalue weighted by Gasteiger charge is 2.27. The van der Waals surface area contributed by atoms with Crippen LogP contribution in [-0.2, 0) is 11.8 Å². The Morgan fingerprint density at radius 3 is 2.76 bits per heavy atom. The summed E-state index contributed by atoms with van der Waals surface area (Å²) in [6.07, 6.45) is -0.329. The van der Waals surface area contributed by atoms with Crippen molar-refractivity contribution in [2.24, 2.45) is 7.05 Å². The number of benzene rings is 1. The van der Waals surface area contributed by atoms with Crippen molar-refractivity contribution in [3.63, 3.8) is 0 Å². The van der Waals surface area contributed by atoms with Gasteiger partial charge in [0.2, 0.25) is 5.91 Å². The Morgan fingerprint density at radius 1 is 1.32 bits per heavy atom. The number of nitrogens with zero attached hydrogens (tertiary/aromatic N) is 3. The average molecular weight is 362 g/mol. The average Bonchev–Trinajstić information content (AvgIpc) is 2.92. The van der Waals surface area contributed by atoms with Gasteiger partial charge in [-0.05, 0) is 32.9 Å². The maximum atomic E-state index is 12.0. The van der Waals surface area contributed by atoms with E-state index in [2.05, 4.69) is 15.5 Å². The fourth-order valence-corrected chi connectivity index (χ4v) is 3.18. The minimum absolute atomic E-state index is 0.0340.